The van der Waals surface area contributed by atoms with Gasteiger partial charge in [-0.05, 0) is 13.0 Å². The van der Waals surface area contributed by atoms with Crippen LogP contribution in [-0.4, -0.2) is 17.6 Å². The van der Waals surface area contributed by atoms with Crippen molar-refractivity contribution in [2.24, 2.45) is 0 Å². The number of alkyl halides is 2. The highest BCUT2D eigenvalue weighted by Crippen LogP contribution is 2.32. The van der Waals surface area contributed by atoms with E-state index in [2.05, 4.69) is 9.72 Å². The lowest BCUT2D eigenvalue weighted by molar-refractivity contribution is 0.0519. The van der Waals surface area contributed by atoms with Gasteiger partial charge in [-0.15, -0.1) is 0 Å². The van der Waals surface area contributed by atoms with E-state index in [0.29, 0.717) is 0 Å². The molecule has 0 bridgehead atoms. The SMILES string of the molecule is CCOC(=O)c1cc(Cl)c(C(F)F)c(Cl)n1. The van der Waals surface area contributed by atoms with Gasteiger partial charge in [0.25, 0.3) is 6.43 Å². The number of esters is 1. The molecule has 0 saturated carbocycles. The Kier molecular flexibility index (Phi) is 4.44. The highest BCUT2D eigenvalue weighted by atomic mass is 35.5. The Balaban J connectivity index is 3.14. The molecule has 0 unspecified atom stereocenters. The summed E-state index contributed by atoms with van der Waals surface area (Å²) in [6, 6.07) is 1.01. The zero-order chi connectivity index (χ0) is 12.3. The van der Waals surface area contributed by atoms with Gasteiger partial charge in [0.05, 0.1) is 17.2 Å². The minimum absolute atomic E-state index is 0.145. The molecular weight excluding hydrogens is 263 g/mol. The molecule has 0 aromatic carbocycles. The number of hydrogen-bond donors (Lipinski definition) is 0. The number of carbonyl (C=O) groups excluding carboxylic acids is 1. The van der Waals surface area contributed by atoms with E-state index in [4.69, 9.17) is 23.2 Å². The average molecular weight is 270 g/mol. The first-order valence-corrected chi connectivity index (χ1v) is 5.04. The molecule has 0 spiro atoms. The number of halogens is 4. The predicted octanol–water partition coefficient (Wildman–Crippen LogP) is 3.50. The van der Waals surface area contributed by atoms with Crippen LogP contribution in [0.25, 0.3) is 0 Å². The topological polar surface area (TPSA) is 39.2 Å². The molecule has 0 amide bonds. The molecule has 3 nitrogen and oxygen atoms in total. The van der Waals surface area contributed by atoms with Crippen LogP contribution < -0.4 is 0 Å². The largest absolute Gasteiger partial charge is 0.461 e. The second-order valence-electron chi connectivity index (χ2n) is 2.71. The first-order chi connectivity index (χ1) is 7.47. The maximum atomic E-state index is 12.4. The van der Waals surface area contributed by atoms with E-state index >= 15 is 0 Å². The Morgan fingerprint density at radius 2 is 2.19 bits per heavy atom. The smallest absolute Gasteiger partial charge is 0.357 e. The Morgan fingerprint density at radius 3 is 2.62 bits per heavy atom. The van der Waals surface area contributed by atoms with Gasteiger partial charge < -0.3 is 4.74 Å². The molecule has 0 aliphatic heterocycles. The van der Waals surface area contributed by atoms with Crippen LogP contribution in [0.15, 0.2) is 6.07 Å². The van der Waals surface area contributed by atoms with Gasteiger partial charge in [0.2, 0.25) is 0 Å². The lowest BCUT2D eigenvalue weighted by atomic mass is 10.2. The van der Waals surface area contributed by atoms with E-state index in [1.165, 1.54) is 0 Å². The van der Waals surface area contributed by atoms with Gasteiger partial charge in [-0.3, -0.25) is 0 Å². The fraction of sp³-hybridized carbons (Fsp3) is 0.333. The predicted molar refractivity (Wildman–Crippen MR) is 55.2 cm³/mol. The molecule has 0 atom stereocenters. The number of carbonyl (C=O) groups is 1. The average Bonchev–Trinajstić information content (AvgIpc) is 2.16. The van der Waals surface area contributed by atoms with Gasteiger partial charge in [0.15, 0.2) is 5.69 Å². The molecule has 1 heterocycles. The van der Waals surface area contributed by atoms with Crippen LogP contribution in [-0.2, 0) is 4.74 Å². The van der Waals surface area contributed by atoms with Crippen molar-refractivity contribution >= 4 is 29.2 Å². The molecule has 1 aromatic rings. The maximum absolute atomic E-state index is 12.4. The summed E-state index contributed by atoms with van der Waals surface area (Å²) in [5.41, 5.74) is -0.780. The molecule has 7 heteroatoms. The van der Waals surface area contributed by atoms with Crippen LogP contribution in [0.1, 0.15) is 29.4 Å². The van der Waals surface area contributed by atoms with Crippen molar-refractivity contribution in [2.75, 3.05) is 6.61 Å². The number of nitrogens with zero attached hydrogens (tertiary/aromatic N) is 1. The fourth-order valence-corrected chi connectivity index (χ4v) is 1.60. The minimum Gasteiger partial charge on any atom is -0.461 e. The van der Waals surface area contributed by atoms with Gasteiger partial charge in [0, 0.05) is 0 Å². The Hall–Kier alpha value is -0.940. The summed E-state index contributed by atoms with van der Waals surface area (Å²) in [5, 5.41) is -0.802. The van der Waals surface area contributed by atoms with E-state index in [1.807, 2.05) is 0 Å². The van der Waals surface area contributed by atoms with Gasteiger partial charge in [-0.1, -0.05) is 23.2 Å². The molecule has 88 valence electrons. The van der Waals surface area contributed by atoms with Gasteiger partial charge in [-0.2, -0.15) is 0 Å². The molecule has 1 aromatic heterocycles. The zero-order valence-electron chi connectivity index (χ0n) is 8.14. The van der Waals surface area contributed by atoms with Gasteiger partial charge >= 0.3 is 5.97 Å². The third kappa shape index (κ3) is 2.80. The van der Waals surface area contributed by atoms with Gasteiger partial charge in [-0.25, -0.2) is 18.6 Å². The molecule has 0 radical (unpaired) electrons. The molecule has 0 N–H and O–H groups in total. The van der Waals surface area contributed by atoms with Crippen molar-refractivity contribution in [1.82, 2.24) is 4.98 Å². The minimum atomic E-state index is -2.84. The van der Waals surface area contributed by atoms with E-state index in [-0.39, 0.29) is 17.3 Å². The highest BCUT2D eigenvalue weighted by Gasteiger charge is 2.21. The standard InChI is InChI=1S/C9H7Cl2F2NO2/c1-2-16-9(15)5-3-4(10)6(8(12)13)7(11)14-5/h3,8H,2H2,1H3. The summed E-state index contributed by atoms with van der Waals surface area (Å²) in [5.74, 6) is -0.757. The maximum Gasteiger partial charge on any atom is 0.357 e. The monoisotopic (exact) mass is 269 g/mol. The fourth-order valence-electron chi connectivity index (χ4n) is 0.998. The van der Waals surface area contributed by atoms with Crippen molar-refractivity contribution in [3.8, 4) is 0 Å². The van der Waals surface area contributed by atoms with Crippen LogP contribution >= 0.6 is 23.2 Å². The number of aromatic nitrogens is 1. The second-order valence-corrected chi connectivity index (χ2v) is 3.48. The summed E-state index contributed by atoms with van der Waals surface area (Å²) < 4.78 is 29.5. The Labute approximate surface area is 100 Å². The molecule has 0 aliphatic carbocycles. The third-order valence-corrected chi connectivity index (χ3v) is 2.27. The van der Waals surface area contributed by atoms with Crippen LogP contribution in [0.3, 0.4) is 0 Å². The third-order valence-electron chi connectivity index (χ3n) is 1.66. The highest BCUT2D eigenvalue weighted by molar-refractivity contribution is 6.35. The first-order valence-electron chi connectivity index (χ1n) is 4.28. The van der Waals surface area contributed by atoms with E-state index in [9.17, 15) is 13.6 Å². The first kappa shape index (κ1) is 13.1. The van der Waals surface area contributed by atoms with Crippen molar-refractivity contribution in [3.63, 3.8) is 0 Å². The van der Waals surface area contributed by atoms with Gasteiger partial charge in [0.1, 0.15) is 5.15 Å². The second kappa shape index (κ2) is 5.41. The quantitative estimate of drug-likeness (QED) is 0.623. The zero-order valence-corrected chi connectivity index (χ0v) is 9.65. The summed E-state index contributed by atoms with van der Waals surface area (Å²) >= 11 is 11.1. The number of pyridine rings is 1. The Bertz CT molecular complexity index is 389. The lowest BCUT2D eigenvalue weighted by Gasteiger charge is -2.07. The summed E-state index contributed by atoms with van der Waals surface area (Å²) in [6.07, 6.45) is -2.84. The molecule has 1 rings (SSSR count). The van der Waals surface area contributed by atoms with Crippen molar-refractivity contribution in [1.29, 1.82) is 0 Å². The molecule has 16 heavy (non-hydrogen) atoms. The van der Waals surface area contributed by atoms with Crippen molar-refractivity contribution in [3.05, 3.63) is 27.5 Å². The summed E-state index contributed by atoms with van der Waals surface area (Å²) in [4.78, 5) is 14.7. The summed E-state index contributed by atoms with van der Waals surface area (Å²) in [6.45, 7) is 1.75. The molecule has 0 saturated heterocycles. The Morgan fingerprint density at radius 1 is 1.56 bits per heavy atom. The number of hydrogen-bond acceptors (Lipinski definition) is 3. The summed E-state index contributed by atoms with van der Waals surface area (Å²) in [7, 11) is 0. The molecular formula is C9H7Cl2F2NO2. The van der Waals surface area contributed by atoms with Crippen molar-refractivity contribution in [2.45, 2.75) is 13.3 Å². The van der Waals surface area contributed by atoms with Crippen LogP contribution in [0.2, 0.25) is 10.2 Å². The van der Waals surface area contributed by atoms with Crippen LogP contribution in [0.4, 0.5) is 8.78 Å². The van der Waals surface area contributed by atoms with Crippen molar-refractivity contribution < 1.29 is 18.3 Å². The van der Waals surface area contributed by atoms with Crippen LogP contribution in [0.5, 0.6) is 0 Å². The van der Waals surface area contributed by atoms with E-state index in [0.717, 1.165) is 6.07 Å². The van der Waals surface area contributed by atoms with E-state index < -0.39 is 23.1 Å². The van der Waals surface area contributed by atoms with Crippen LogP contribution in [0, 0.1) is 0 Å². The lowest BCUT2D eigenvalue weighted by Crippen LogP contribution is -2.08. The molecule has 0 fully saturated rings. The molecule has 0 aliphatic rings. The normalized spacial score (nSPS) is 10.6. The van der Waals surface area contributed by atoms with E-state index in [1.54, 1.807) is 6.92 Å². The number of ether oxygens (including phenoxy) is 1. The number of rotatable bonds is 3.